The molecular weight excluding hydrogens is 194 g/mol. The highest BCUT2D eigenvalue weighted by atomic mass is 16.4. The van der Waals surface area contributed by atoms with Crippen LogP contribution in [0.2, 0.25) is 0 Å². The first-order valence-electron chi connectivity index (χ1n) is 5.55. The lowest BCUT2D eigenvalue weighted by molar-refractivity contribution is -0.137. The molecule has 0 saturated heterocycles. The van der Waals surface area contributed by atoms with E-state index in [1.54, 1.807) is 0 Å². The third-order valence-corrected chi connectivity index (χ3v) is 3.11. The fraction of sp³-hybridized carbons (Fsp3) is 0.818. The van der Waals surface area contributed by atoms with E-state index in [1.807, 2.05) is 6.92 Å². The van der Waals surface area contributed by atoms with Crippen molar-refractivity contribution in [2.75, 3.05) is 6.54 Å². The summed E-state index contributed by atoms with van der Waals surface area (Å²) in [6.45, 7) is 2.47. The fourth-order valence-electron chi connectivity index (χ4n) is 2.04. The fourth-order valence-corrected chi connectivity index (χ4v) is 2.04. The largest absolute Gasteiger partial charge is 0.481 e. The first-order chi connectivity index (χ1) is 7.04. The summed E-state index contributed by atoms with van der Waals surface area (Å²) >= 11 is 0. The summed E-state index contributed by atoms with van der Waals surface area (Å²) < 4.78 is 0. The molecule has 0 aromatic rings. The molecule has 0 heterocycles. The van der Waals surface area contributed by atoms with Gasteiger partial charge in [-0.25, -0.2) is 0 Å². The van der Waals surface area contributed by atoms with Crippen LogP contribution in [0, 0.1) is 5.41 Å². The van der Waals surface area contributed by atoms with Crippen molar-refractivity contribution in [2.24, 2.45) is 5.41 Å². The summed E-state index contributed by atoms with van der Waals surface area (Å²) in [7, 11) is 0. The molecule has 0 aliphatic heterocycles. The topological polar surface area (TPSA) is 66.4 Å². The third kappa shape index (κ3) is 3.53. The van der Waals surface area contributed by atoms with Crippen LogP contribution in [-0.4, -0.2) is 23.5 Å². The number of amides is 1. The Morgan fingerprint density at radius 1 is 1.33 bits per heavy atom. The average molecular weight is 213 g/mol. The highest BCUT2D eigenvalue weighted by Crippen LogP contribution is 2.37. The molecule has 1 fully saturated rings. The van der Waals surface area contributed by atoms with Gasteiger partial charge in [-0.1, -0.05) is 19.8 Å². The Bertz CT molecular complexity index is 244. The van der Waals surface area contributed by atoms with Gasteiger partial charge in [0.15, 0.2) is 0 Å². The highest BCUT2D eigenvalue weighted by molar-refractivity contribution is 5.82. The molecule has 1 rings (SSSR count). The Morgan fingerprint density at radius 3 is 2.47 bits per heavy atom. The van der Waals surface area contributed by atoms with Gasteiger partial charge in [0.2, 0.25) is 5.91 Å². The molecule has 4 heteroatoms. The van der Waals surface area contributed by atoms with Crippen LogP contribution in [0.25, 0.3) is 0 Å². The second-order valence-electron chi connectivity index (χ2n) is 4.52. The molecule has 0 atom stereocenters. The molecule has 0 aromatic carbocycles. The van der Waals surface area contributed by atoms with Crippen molar-refractivity contribution >= 4 is 11.9 Å². The predicted molar refractivity (Wildman–Crippen MR) is 56.5 cm³/mol. The second-order valence-corrected chi connectivity index (χ2v) is 4.52. The zero-order valence-electron chi connectivity index (χ0n) is 9.21. The SMILES string of the molecule is CC1(C(=O)NCCCC(=O)O)CCCC1. The minimum Gasteiger partial charge on any atom is -0.481 e. The number of aliphatic carboxylic acids is 1. The molecule has 1 aliphatic carbocycles. The van der Waals surface area contributed by atoms with Gasteiger partial charge in [-0.15, -0.1) is 0 Å². The van der Waals surface area contributed by atoms with E-state index < -0.39 is 5.97 Å². The van der Waals surface area contributed by atoms with Gasteiger partial charge in [0.1, 0.15) is 0 Å². The number of carboxylic acid groups (broad SMARTS) is 1. The Balaban J connectivity index is 2.21. The normalized spacial score (nSPS) is 18.7. The van der Waals surface area contributed by atoms with Crippen LogP contribution in [0.15, 0.2) is 0 Å². The van der Waals surface area contributed by atoms with Gasteiger partial charge < -0.3 is 10.4 Å². The zero-order chi connectivity index (χ0) is 11.3. The Kier molecular flexibility index (Phi) is 4.12. The van der Waals surface area contributed by atoms with Crippen molar-refractivity contribution in [1.29, 1.82) is 0 Å². The van der Waals surface area contributed by atoms with Crippen molar-refractivity contribution in [2.45, 2.75) is 45.4 Å². The van der Waals surface area contributed by atoms with Crippen molar-refractivity contribution < 1.29 is 14.7 Å². The van der Waals surface area contributed by atoms with Crippen LogP contribution in [0.4, 0.5) is 0 Å². The summed E-state index contributed by atoms with van der Waals surface area (Å²) in [5.74, 6) is -0.721. The van der Waals surface area contributed by atoms with E-state index in [9.17, 15) is 9.59 Å². The van der Waals surface area contributed by atoms with Crippen molar-refractivity contribution in [3.63, 3.8) is 0 Å². The number of hydrogen-bond acceptors (Lipinski definition) is 2. The predicted octanol–water partition coefficient (Wildman–Crippen LogP) is 1.55. The molecular formula is C11H19NO3. The quantitative estimate of drug-likeness (QED) is 0.681. The summed E-state index contributed by atoms with van der Waals surface area (Å²) in [4.78, 5) is 22.0. The van der Waals surface area contributed by atoms with Gasteiger partial charge in [-0.3, -0.25) is 9.59 Å². The Morgan fingerprint density at radius 2 is 1.93 bits per heavy atom. The molecule has 1 amide bonds. The van der Waals surface area contributed by atoms with Crippen LogP contribution in [0.3, 0.4) is 0 Å². The number of carbonyl (C=O) groups is 2. The molecule has 1 saturated carbocycles. The molecule has 0 bridgehead atoms. The first-order valence-corrected chi connectivity index (χ1v) is 5.55. The number of rotatable bonds is 5. The maximum Gasteiger partial charge on any atom is 0.303 e. The van der Waals surface area contributed by atoms with Crippen LogP contribution in [-0.2, 0) is 9.59 Å². The van der Waals surface area contributed by atoms with E-state index in [-0.39, 0.29) is 17.7 Å². The zero-order valence-corrected chi connectivity index (χ0v) is 9.21. The Hall–Kier alpha value is -1.06. The van der Waals surface area contributed by atoms with Gasteiger partial charge in [0.05, 0.1) is 0 Å². The van der Waals surface area contributed by atoms with Crippen LogP contribution < -0.4 is 5.32 Å². The molecule has 4 nitrogen and oxygen atoms in total. The monoisotopic (exact) mass is 213 g/mol. The minimum atomic E-state index is -0.809. The Labute approximate surface area is 90.0 Å². The van der Waals surface area contributed by atoms with Gasteiger partial charge in [0, 0.05) is 18.4 Å². The van der Waals surface area contributed by atoms with E-state index in [2.05, 4.69) is 5.32 Å². The third-order valence-electron chi connectivity index (χ3n) is 3.11. The summed E-state index contributed by atoms with van der Waals surface area (Å²) in [6.07, 6.45) is 4.79. The molecule has 0 spiro atoms. The van der Waals surface area contributed by atoms with E-state index in [0.717, 1.165) is 25.7 Å². The molecule has 2 N–H and O–H groups in total. The highest BCUT2D eigenvalue weighted by Gasteiger charge is 2.35. The molecule has 0 unspecified atom stereocenters. The summed E-state index contributed by atoms with van der Waals surface area (Å²) in [5, 5.41) is 11.2. The van der Waals surface area contributed by atoms with Crippen LogP contribution in [0.5, 0.6) is 0 Å². The maximum atomic E-state index is 11.8. The number of nitrogens with one attached hydrogen (secondary N) is 1. The lowest BCUT2D eigenvalue weighted by Gasteiger charge is -2.22. The minimum absolute atomic E-state index is 0.0883. The molecule has 86 valence electrons. The maximum absolute atomic E-state index is 11.8. The second kappa shape index (κ2) is 5.14. The smallest absolute Gasteiger partial charge is 0.303 e. The molecule has 0 aromatic heterocycles. The van der Waals surface area contributed by atoms with Gasteiger partial charge in [-0.2, -0.15) is 0 Å². The lowest BCUT2D eigenvalue weighted by atomic mass is 9.88. The van der Waals surface area contributed by atoms with Crippen LogP contribution in [0.1, 0.15) is 45.4 Å². The molecule has 0 radical (unpaired) electrons. The summed E-state index contributed by atoms with van der Waals surface area (Å²) in [5.41, 5.74) is -0.205. The van der Waals surface area contributed by atoms with Crippen molar-refractivity contribution in [1.82, 2.24) is 5.32 Å². The first kappa shape index (κ1) is 12.0. The van der Waals surface area contributed by atoms with E-state index in [1.165, 1.54) is 0 Å². The molecule has 15 heavy (non-hydrogen) atoms. The number of carboxylic acids is 1. The van der Waals surface area contributed by atoms with Gasteiger partial charge in [-0.05, 0) is 19.3 Å². The van der Waals surface area contributed by atoms with Gasteiger partial charge in [0.25, 0.3) is 0 Å². The average Bonchev–Trinajstić information content (AvgIpc) is 2.60. The molecule has 1 aliphatic rings. The van der Waals surface area contributed by atoms with Crippen LogP contribution >= 0.6 is 0 Å². The van der Waals surface area contributed by atoms with E-state index in [4.69, 9.17) is 5.11 Å². The van der Waals surface area contributed by atoms with Crippen molar-refractivity contribution in [3.8, 4) is 0 Å². The number of hydrogen-bond donors (Lipinski definition) is 2. The van der Waals surface area contributed by atoms with E-state index >= 15 is 0 Å². The van der Waals surface area contributed by atoms with E-state index in [0.29, 0.717) is 13.0 Å². The number of carbonyl (C=O) groups excluding carboxylic acids is 1. The summed E-state index contributed by atoms with van der Waals surface area (Å²) in [6, 6.07) is 0. The lowest BCUT2D eigenvalue weighted by Crippen LogP contribution is -2.37. The standard InChI is InChI=1S/C11H19NO3/c1-11(6-2-3-7-11)10(15)12-8-4-5-9(13)14/h2-8H2,1H3,(H,12,15)(H,13,14). The van der Waals surface area contributed by atoms with Gasteiger partial charge >= 0.3 is 5.97 Å². The van der Waals surface area contributed by atoms with Crippen molar-refractivity contribution in [3.05, 3.63) is 0 Å².